The van der Waals surface area contributed by atoms with Crippen molar-refractivity contribution < 1.29 is 14.3 Å². The normalized spacial score (nSPS) is 10.5. The van der Waals surface area contributed by atoms with Crippen molar-refractivity contribution in [2.75, 3.05) is 6.61 Å². The first-order chi connectivity index (χ1) is 10.3. The van der Waals surface area contributed by atoms with Crippen LogP contribution in [0.25, 0.3) is 6.08 Å². The van der Waals surface area contributed by atoms with Crippen LogP contribution in [0.3, 0.4) is 0 Å². The number of carbonyl (C=O) groups is 1. The maximum atomic E-state index is 11.2. The number of hydrogen-bond acceptors (Lipinski definition) is 4. The monoisotopic (exact) mass is 283 g/mol. The third kappa shape index (κ3) is 5.10. The highest BCUT2D eigenvalue weighted by Crippen LogP contribution is 2.14. The lowest BCUT2D eigenvalue weighted by Gasteiger charge is -2.06. The fraction of sp³-hybridized carbons (Fsp3) is 0.176. The van der Waals surface area contributed by atoms with Crippen LogP contribution in [0.1, 0.15) is 18.1 Å². The average molecular weight is 283 g/mol. The number of nitrogens with zero attached hydrogens (tertiary/aromatic N) is 1. The number of esters is 1. The number of pyridine rings is 1. The molecule has 0 saturated carbocycles. The van der Waals surface area contributed by atoms with Crippen molar-refractivity contribution in [2.45, 2.75) is 13.5 Å². The van der Waals surface area contributed by atoms with Crippen LogP contribution >= 0.6 is 0 Å². The van der Waals surface area contributed by atoms with Gasteiger partial charge in [-0.2, -0.15) is 0 Å². The maximum Gasteiger partial charge on any atom is 0.330 e. The van der Waals surface area contributed by atoms with Crippen molar-refractivity contribution in [3.63, 3.8) is 0 Å². The molecule has 0 radical (unpaired) electrons. The first-order valence-corrected chi connectivity index (χ1v) is 6.74. The highest BCUT2D eigenvalue weighted by Gasteiger charge is 1.97. The van der Waals surface area contributed by atoms with Gasteiger partial charge in [-0.25, -0.2) is 4.79 Å². The van der Waals surface area contributed by atoms with Crippen LogP contribution in [0.4, 0.5) is 0 Å². The summed E-state index contributed by atoms with van der Waals surface area (Å²) in [4.78, 5) is 15.2. The van der Waals surface area contributed by atoms with Crippen LogP contribution in [0.5, 0.6) is 5.75 Å². The second-order valence-electron chi connectivity index (χ2n) is 4.30. The van der Waals surface area contributed by atoms with E-state index in [4.69, 9.17) is 9.47 Å². The molecule has 0 spiro atoms. The lowest BCUT2D eigenvalue weighted by molar-refractivity contribution is -0.137. The summed E-state index contributed by atoms with van der Waals surface area (Å²) >= 11 is 0. The first kappa shape index (κ1) is 14.8. The third-order valence-electron chi connectivity index (χ3n) is 2.71. The van der Waals surface area contributed by atoms with Crippen molar-refractivity contribution in [3.8, 4) is 5.75 Å². The van der Waals surface area contributed by atoms with Gasteiger partial charge in [0.1, 0.15) is 12.4 Å². The van der Waals surface area contributed by atoms with Gasteiger partial charge in [0.2, 0.25) is 0 Å². The predicted octanol–water partition coefficient (Wildman–Crippen LogP) is 3.24. The molecule has 2 rings (SSSR count). The molecule has 108 valence electrons. The Balaban J connectivity index is 1.88. The lowest BCUT2D eigenvalue weighted by atomic mass is 10.2. The molecule has 0 fully saturated rings. The number of benzene rings is 1. The molecular weight excluding hydrogens is 266 g/mol. The van der Waals surface area contributed by atoms with E-state index in [9.17, 15) is 4.79 Å². The van der Waals surface area contributed by atoms with Crippen molar-refractivity contribution in [1.29, 1.82) is 0 Å². The van der Waals surface area contributed by atoms with Gasteiger partial charge in [0.05, 0.1) is 6.61 Å². The summed E-state index contributed by atoms with van der Waals surface area (Å²) in [5, 5.41) is 0. The molecule has 0 aliphatic rings. The molecule has 0 unspecified atom stereocenters. The largest absolute Gasteiger partial charge is 0.489 e. The fourth-order valence-electron chi connectivity index (χ4n) is 1.68. The van der Waals surface area contributed by atoms with E-state index in [1.807, 2.05) is 36.4 Å². The molecule has 0 atom stereocenters. The van der Waals surface area contributed by atoms with Gasteiger partial charge < -0.3 is 9.47 Å². The second-order valence-corrected chi connectivity index (χ2v) is 4.30. The van der Waals surface area contributed by atoms with Gasteiger partial charge in [-0.1, -0.05) is 18.2 Å². The Hall–Kier alpha value is -2.62. The number of ether oxygens (including phenoxy) is 2. The molecule has 1 aromatic carbocycles. The van der Waals surface area contributed by atoms with E-state index in [2.05, 4.69) is 4.98 Å². The predicted molar refractivity (Wildman–Crippen MR) is 80.7 cm³/mol. The van der Waals surface area contributed by atoms with Crippen LogP contribution in [0.2, 0.25) is 0 Å². The zero-order chi connectivity index (χ0) is 14.9. The zero-order valence-corrected chi connectivity index (χ0v) is 11.9. The summed E-state index contributed by atoms with van der Waals surface area (Å²) in [5.41, 5.74) is 1.93. The Bertz CT molecular complexity index is 591. The smallest absolute Gasteiger partial charge is 0.330 e. The van der Waals surface area contributed by atoms with Gasteiger partial charge in [-0.15, -0.1) is 0 Å². The van der Waals surface area contributed by atoms with Gasteiger partial charge in [-0.3, -0.25) is 4.98 Å². The van der Waals surface area contributed by atoms with E-state index in [0.29, 0.717) is 13.2 Å². The van der Waals surface area contributed by atoms with Crippen LogP contribution < -0.4 is 4.74 Å². The topological polar surface area (TPSA) is 48.4 Å². The van der Waals surface area contributed by atoms with E-state index >= 15 is 0 Å². The Morgan fingerprint density at radius 2 is 2.05 bits per heavy atom. The van der Waals surface area contributed by atoms with E-state index < -0.39 is 0 Å². The van der Waals surface area contributed by atoms with E-state index in [1.54, 1.807) is 25.4 Å². The van der Waals surface area contributed by atoms with Crippen molar-refractivity contribution in [1.82, 2.24) is 4.98 Å². The minimum Gasteiger partial charge on any atom is -0.489 e. The fourth-order valence-corrected chi connectivity index (χ4v) is 1.68. The average Bonchev–Trinajstić information content (AvgIpc) is 2.53. The summed E-state index contributed by atoms with van der Waals surface area (Å²) < 4.78 is 10.5. The molecule has 1 aromatic heterocycles. The van der Waals surface area contributed by atoms with Gasteiger partial charge >= 0.3 is 5.97 Å². The molecule has 0 aliphatic heterocycles. The molecule has 1 heterocycles. The number of aromatic nitrogens is 1. The first-order valence-electron chi connectivity index (χ1n) is 6.74. The summed E-state index contributed by atoms with van der Waals surface area (Å²) in [6, 6.07) is 11.3. The van der Waals surface area contributed by atoms with Gasteiger partial charge in [0, 0.05) is 24.0 Å². The maximum absolute atomic E-state index is 11.2. The minimum absolute atomic E-state index is 0.339. The molecule has 2 aromatic rings. The SMILES string of the molecule is CCOC(=O)/C=C/c1ccc(OCc2cccnc2)cc1. The highest BCUT2D eigenvalue weighted by atomic mass is 16.5. The number of carbonyl (C=O) groups excluding carboxylic acids is 1. The van der Waals surface area contributed by atoms with Crippen LogP contribution in [0, 0.1) is 0 Å². The van der Waals surface area contributed by atoms with Crippen LogP contribution in [0.15, 0.2) is 54.9 Å². The molecule has 0 aliphatic carbocycles. The van der Waals surface area contributed by atoms with Crippen LogP contribution in [-0.4, -0.2) is 17.6 Å². The van der Waals surface area contributed by atoms with E-state index in [-0.39, 0.29) is 5.97 Å². The van der Waals surface area contributed by atoms with Gasteiger partial charge in [0.15, 0.2) is 0 Å². The molecule has 0 N–H and O–H groups in total. The zero-order valence-electron chi connectivity index (χ0n) is 11.9. The molecule has 0 saturated heterocycles. The molecule has 21 heavy (non-hydrogen) atoms. The highest BCUT2D eigenvalue weighted by molar-refractivity contribution is 5.87. The minimum atomic E-state index is -0.339. The van der Waals surface area contributed by atoms with Crippen molar-refractivity contribution >= 4 is 12.0 Å². The Morgan fingerprint density at radius 3 is 2.71 bits per heavy atom. The van der Waals surface area contributed by atoms with Gasteiger partial charge in [0.25, 0.3) is 0 Å². The summed E-state index contributed by atoms with van der Waals surface area (Å²) in [5.74, 6) is 0.432. The molecule has 4 nitrogen and oxygen atoms in total. The standard InChI is InChI=1S/C17H17NO3/c1-2-20-17(19)10-7-14-5-8-16(9-6-14)21-13-15-4-3-11-18-12-15/h3-12H,2,13H2,1H3/b10-7+. The third-order valence-corrected chi connectivity index (χ3v) is 2.71. The molecule has 0 bridgehead atoms. The van der Waals surface area contributed by atoms with E-state index in [0.717, 1.165) is 16.9 Å². The molecule has 4 heteroatoms. The quantitative estimate of drug-likeness (QED) is 0.603. The Morgan fingerprint density at radius 1 is 1.24 bits per heavy atom. The molecule has 0 amide bonds. The summed E-state index contributed by atoms with van der Waals surface area (Å²) in [6.45, 7) is 2.64. The van der Waals surface area contributed by atoms with Crippen LogP contribution in [-0.2, 0) is 16.1 Å². The van der Waals surface area contributed by atoms with Crippen molar-refractivity contribution in [2.24, 2.45) is 0 Å². The Kier molecular flexibility index (Phi) is 5.52. The summed E-state index contributed by atoms with van der Waals surface area (Å²) in [6.07, 6.45) is 6.63. The summed E-state index contributed by atoms with van der Waals surface area (Å²) in [7, 11) is 0. The number of hydrogen-bond donors (Lipinski definition) is 0. The lowest BCUT2D eigenvalue weighted by Crippen LogP contribution is -1.98. The Labute approximate surface area is 124 Å². The van der Waals surface area contributed by atoms with Crippen molar-refractivity contribution in [3.05, 3.63) is 66.0 Å². The number of rotatable bonds is 6. The van der Waals surface area contributed by atoms with E-state index in [1.165, 1.54) is 6.08 Å². The second kappa shape index (κ2) is 7.85. The van der Waals surface area contributed by atoms with Gasteiger partial charge in [-0.05, 0) is 36.8 Å². The molecular formula is C17H17NO3.